The molecule has 1 amide bonds. The molecule has 2 atom stereocenters. The highest BCUT2D eigenvalue weighted by atomic mass is 32.2. The number of sulfone groups is 1. The third-order valence-corrected chi connectivity index (χ3v) is 9.63. The van der Waals surface area contributed by atoms with Gasteiger partial charge in [-0.2, -0.15) is 0 Å². The van der Waals surface area contributed by atoms with Crippen molar-refractivity contribution in [2.75, 3.05) is 6.54 Å². The van der Waals surface area contributed by atoms with Crippen LogP contribution in [0.25, 0.3) is 0 Å². The van der Waals surface area contributed by atoms with Gasteiger partial charge in [-0.15, -0.1) is 0 Å². The summed E-state index contributed by atoms with van der Waals surface area (Å²) in [6.45, 7) is 5.07. The molecule has 9 heteroatoms. The number of nitrogens with zero attached hydrogens (tertiary/aromatic N) is 2. The van der Waals surface area contributed by atoms with Crippen LogP contribution >= 0.6 is 0 Å². The lowest BCUT2D eigenvalue weighted by atomic mass is 9.87. The molecule has 5 rings (SSSR count). The highest BCUT2D eigenvalue weighted by Crippen LogP contribution is 2.36. The Hall–Kier alpha value is -4.24. The van der Waals surface area contributed by atoms with E-state index in [2.05, 4.69) is 17.2 Å². The molecule has 4 aromatic rings. The summed E-state index contributed by atoms with van der Waals surface area (Å²) in [4.78, 5) is 29.8. The van der Waals surface area contributed by atoms with E-state index in [1.165, 1.54) is 12.1 Å². The zero-order chi connectivity index (χ0) is 30.4. The van der Waals surface area contributed by atoms with E-state index in [1.807, 2.05) is 48.0 Å². The number of nitrogens with one attached hydrogen (secondary N) is 1. The van der Waals surface area contributed by atoms with E-state index in [4.69, 9.17) is 4.74 Å². The van der Waals surface area contributed by atoms with E-state index in [0.29, 0.717) is 60.7 Å². The minimum absolute atomic E-state index is 0.00412. The quantitative estimate of drug-likeness (QED) is 0.215. The maximum atomic E-state index is 13.9. The lowest BCUT2D eigenvalue weighted by Crippen LogP contribution is -2.28. The Morgan fingerprint density at radius 3 is 2.63 bits per heavy atom. The first kappa shape index (κ1) is 30.2. The number of imidazole rings is 1. The fourth-order valence-corrected chi connectivity index (χ4v) is 6.74. The summed E-state index contributed by atoms with van der Waals surface area (Å²) in [5.41, 5.74) is 2.97. The van der Waals surface area contributed by atoms with Crippen LogP contribution in [0.3, 0.4) is 0 Å². The average molecular weight is 600 g/mol. The van der Waals surface area contributed by atoms with Crippen LogP contribution in [-0.4, -0.2) is 36.2 Å². The Morgan fingerprint density at radius 1 is 1.07 bits per heavy atom. The summed E-state index contributed by atoms with van der Waals surface area (Å²) in [6.07, 6.45) is 7.40. The molecule has 1 N–H and O–H groups in total. The normalized spacial score (nSPS) is 14.5. The van der Waals surface area contributed by atoms with Crippen LogP contribution in [-0.2, 0) is 28.6 Å². The Kier molecular flexibility index (Phi) is 9.40. The van der Waals surface area contributed by atoms with Gasteiger partial charge >= 0.3 is 0 Å². The largest absolute Gasteiger partial charge is 0.484 e. The molecule has 0 spiro atoms. The Labute approximate surface area is 253 Å². The summed E-state index contributed by atoms with van der Waals surface area (Å²) in [5.74, 6) is 0.0745. The zero-order valence-electron chi connectivity index (χ0n) is 24.5. The van der Waals surface area contributed by atoms with Gasteiger partial charge in [0.1, 0.15) is 11.9 Å². The smallest absolute Gasteiger partial charge is 0.251 e. The van der Waals surface area contributed by atoms with Crippen molar-refractivity contribution in [3.63, 3.8) is 0 Å². The van der Waals surface area contributed by atoms with Crippen LogP contribution in [0.15, 0.2) is 90.3 Å². The number of ketones is 1. The fraction of sp³-hybridized carbons (Fsp3) is 0.324. The van der Waals surface area contributed by atoms with Crippen LogP contribution in [0.4, 0.5) is 0 Å². The third-order valence-electron chi connectivity index (χ3n) is 7.99. The fourth-order valence-electron chi connectivity index (χ4n) is 5.28. The summed E-state index contributed by atoms with van der Waals surface area (Å²) in [5, 5.41) is 2.89. The molecule has 1 heterocycles. The number of fused-ring (bicyclic) bond motifs is 1. The molecule has 1 aromatic heterocycles. The van der Waals surface area contributed by atoms with Gasteiger partial charge in [0.25, 0.3) is 5.91 Å². The molecule has 3 aromatic carbocycles. The van der Waals surface area contributed by atoms with Crippen molar-refractivity contribution in [3.05, 3.63) is 113 Å². The predicted octanol–water partition coefficient (Wildman–Crippen LogP) is 5.97. The van der Waals surface area contributed by atoms with Crippen molar-refractivity contribution < 1.29 is 22.7 Å². The highest BCUT2D eigenvalue weighted by molar-refractivity contribution is 7.90. The summed E-state index contributed by atoms with van der Waals surface area (Å²) >= 11 is 0. The van der Waals surface area contributed by atoms with Crippen molar-refractivity contribution in [1.29, 1.82) is 0 Å². The van der Waals surface area contributed by atoms with Crippen LogP contribution in [0, 0.1) is 5.92 Å². The van der Waals surface area contributed by atoms with Gasteiger partial charge in [-0.1, -0.05) is 56.7 Å². The van der Waals surface area contributed by atoms with E-state index in [0.717, 1.165) is 12.0 Å². The van der Waals surface area contributed by atoms with Gasteiger partial charge in [0.15, 0.2) is 15.6 Å². The molecule has 1 aliphatic rings. The Bertz CT molecular complexity index is 1680. The Balaban J connectivity index is 1.50. The highest BCUT2D eigenvalue weighted by Gasteiger charge is 2.28. The number of rotatable bonds is 12. The monoisotopic (exact) mass is 599 g/mol. The second-order valence-electron chi connectivity index (χ2n) is 11.1. The lowest BCUT2D eigenvalue weighted by molar-refractivity contribution is 0.0945. The number of amides is 1. The Morgan fingerprint density at radius 2 is 1.88 bits per heavy atom. The van der Waals surface area contributed by atoms with Gasteiger partial charge in [-0.05, 0) is 60.2 Å². The van der Waals surface area contributed by atoms with Gasteiger partial charge in [0, 0.05) is 42.0 Å². The van der Waals surface area contributed by atoms with Crippen molar-refractivity contribution in [1.82, 2.24) is 14.9 Å². The lowest BCUT2D eigenvalue weighted by Gasteiger charge is -2.26. The van der Waals surface area contributed by atoms with Gasteiger partial charge < -0.3 is 14.6 Å². The van der Waals surface area contributed by atoms with E-state index in [-0.39, 0.29) is 27.9 Å². The van der Waals surface area contributed by atoms with Gasteiger partial charge in [-0.25, -0.2) is 13.4 Å². The maximum Gasteiger partial charge on any atom is 0.251 e. The van der Waals surface area contributed by atoms with Crippen molar-refractivity contribution in [2.45, 2.75) is 62.8 Å². The SMILES string of the molecule is CCC(C)CNC(=O)c1cccc(S(=O)(=O)Cc2c(OC(Cn3ccnc3)c3ccccc3)ccc3c2CCCC3=O)c1. The molecular formula is C34H37N3O5S. The van der Waals surface area contributed by atoms with Gasteiger partial charge in [-0.3, -0.25) is 9.59 Å². The molecule has 8 nitrogen and oxygen atoms in total. The van der Waals surface area contributed by atoms with Gasteiger partial charge in [0.05, 0.1) is 23.5 Å². The summed E-state index contributed by atoms with van der Waals surface area (Å²) in [6, 6.07) is 19.3. The van der Waals surface area contributed by atoms with Crippen LogP contribution < -0.4 is 10.1 Å². The molecule has 43 heavy (non-hydrogen) atoms. The van der Waals surface area contributed by atoms with E-state index in [9.17, 15) is 18.0 Å². The molecule has 0 saturated carbocycles. The average Bonchev–Trinajstić information content (AvgIpc) is 3.54. The molecule has 1 aliphatic carbocycles. The molecule has 0 aliphatic heterocycles. The van der Waals surface area contributed by atoms with E-state index >= 15 is 0 Å². The summed E-state index contributed by atoms with van der Waals surface area (Å²) < 4.78 is 36.4. The van der Waals surface area contributed by atoms with Gasteiger partial charge in [0.2, 0.25) is 0 Å². The number of hydrogen-bond acceptors (Lipinski definition) is 6. The van der Waals surface area contributed by atoms with Crippen molar-refractivity contribution >= 4 is 21.5 Å². The molecule has 224 valence electrons. The van der Waals surface area contributed by atoms with Crippen LogP contribution in [0.1, 0.15) is 76.6 Å². The number of carbonyl (C=O) groups is 2. The second-order valence-corrected chi connectivity index (χ2v) is 13.1. The molecule has 0 fully saturated rings. The number of carbonyl (C=O) groups excluding carboxylic acids is 2. The maximum absolute atomic E-state index is 13.9. The third kappa shape index (κ3) is 7.22. The minimum atomic E-state index is -3.92. The minimum Gasteiger partial charge on any atom is -0.484 e. The second kappa shape index (κ2) is 13.4. The summed E-state index contributed by atoms with van der Waals surface area (Å²) in [7, 11) is -3.92. The van der Waals surface area contributed by atoms with Crippen LogP contribution in [0.2, 0.25) is 0 Å². The number of hydrogen-bond donors (Lipinski definition) is 1. The topological polar surface area (TPSA) is 107 Å². The first-order valence-electron chi connectivity index (χ1n) is 14.7. The van der Waals surface area contributed by atoms with E-state index in [1.54, 1.807) is 36.8 Å². The molecule has 0 saturated heterocycles. The number of ether oxygens (including phenoxy) is 1. The first-order valence-corrected chi connectivity index (χ1v) is 16.4. The zero-order valence-corrected chi connectivity index (χ0v) is 25.3. The molecular weight excluding hydrogens is 562 g/mol. The van der Waals surface area contributed by atoms with Crippen molar-refractivity contribution in [3.8, 4) is 5.75 Å². The molecule has 0 radical (unpaired) electrons. The predicted molar refractivity (Wildman–Crippen MR) is 165 cm³/mol. The van der Waals surface area contributed by atoms with Crippen LogP contribution in [0.5, 0.6) is 5.75 Å². The first-order chi connectivity index (χ1) is 20.7. The standard InChI is InChI=1S/C34H37N3O5S/c1-3-24(2)20-36-34(39)26-11-7-12-27(19-26)43(40,41)22-30-28-13-8-14-31(38)29(28)15-16-32(30)42-33(21-37-18-17-35-23-37)25-9-5-4-6-10-25/h4-7,9-12,15-19,23-24,33H,3,8,13-14,20-22H2,1-2H3,(H,36,39). The number of aromatic nitrogens is 2. The van der Waals surface area contributed by atoms with E-state index < -0.39 is 15.9 Å². The molecule has 2 unspecified atom stereocenters. The molecule has 0 bridgehead atoms. The number of benzene rings is 3. The van der Waals surface area contributed by atoms with Crippen molar-refractivity contribution in [2.24, 2.45) is 5.92 Å². The number of Topliss-reactive ketones (excluding diaryl/α,β-unsaturated/α-hetero) is 1.